The van der Waals surface area contributed by atoms with Crippen molar-refractivity contribution in [1.29, 1.82) is 0 Å². The molecule has 2 aliphatic heterocycles. The summed E-state index contributed by atoms with van der Waals surface area (Å²) in [6.07, 6.45) is 19.4. The van der Waals surface area contributed by atoms with Crippen molar-refractivity contribution >= 4 is 11.9 Å². The summed E-state index contributed by atoms with van der Waals surface area (Å²) in [5, 5.41) is 10.8. The van der Waals surface area contributed by atoms with E-state index in [4.69, 9.17) is 19.4 Å². The molecule has 8 nitrogen and oxygen atoms in total. The molecule has 0 aliphatic carbocycles. The molecule has 0 aromatic heterocycles. The van der Waals surface area contributed by atoms with Crippen molar-refractivity contribution in [3.8, 4) is 0 Å². The van der Waals surface area contributed by atoms with Gasteiger partial charge in [0.05, 0.1) is 25.4 Å². The van der Waals surface area contributed by atoms with Crippen LogP contribution in [0.15, 0.2) is 0 Å². The number of carbonyl (C=O) groups excluding carboxylic acids is 1. The minimum atomic E-state index is -0.726. The third kappa shape index (κ3) is 19.9. The van der Waals surface area contributed by atoms with Gasteiger partial charge in [-0.05, 0) is 85.9 Å². The largest absolute Gasteiger partial charge is 0.481 e. The number of hydrogen-bond donors (Lipinski definition) is 1. The summed E-state index contributed by atoms with van der Waals surface area (Å²) >= 11 is 0. The Hall–Kier alpha value is -1.22. The van der Waals surface area contributed by atoms with Crippen LogP contribution in [0.3, 0.4) is 0 Å². The monoisotopic (exact) mass is 737 g/mol. The van der Waals surface area contributed by atoms with E-state index in [0.29, 0.717) is 23.9 Å². The summed E-state index contributed by atoms with van der Waals surface area (Å²) in [7, 11) is 0. The zero-order valence-corrected chi connectivity index (χ0v) is 35.8. The zero-order chi connectivity index (χ0) is 38.8. The van der Waals surface area contributed by atoms with Crippen LogP contribution in [0, 0.1) is 21.7 Å². The quantitative estimate of drug-likeness (QED) is 0.0834. The predicted octanol–water partition coefficient (Wildman–Crippen LogP) is 10.9. The van der Waals surface area contributed by atoms with Crippen molar-refractivity contribution in [3.63, 3.8) is 0 Å². The Balaban J connectivity index is 1.84. The molecule has 2 fully saturated rings. The molecule has 0 aromatic rings. The first-order valence-corrected chi connectivity index (χ1v) is 21.5. The van der Waals surface area contributed by atoms with E-state index in [1.807, 2.05) is 5.06 Å². The van der Waals surface area contributed by atoms with E-state index >= 15 is 0 Å². The lowest BCUT2D eigenvalue weighted by molar-refractivity contribution is -0.208. The molecule has 1 N–H and O–H groups in total. The average Bonchev–Trinajstić information content (AvgIpc) is 3.08. The lowest BCUT2D eigenvalue weighted by atomic mass is 9.80. The Labute approximate surface area is 320 Å². The van der Waals surface area contributed by atoms with E-state index in [0.717, 1.165) is 90.5 Å². The maximum atomic E-state index is 13.8. The van der Waals surface area contributed by atoms with Crippen LogP contribution in [0.25, 0.3) is 0 Å². The number of hydroxylamine groups is 2. The van der Waals surface area contributed by atoms with Crippen LogP contribution >= 0.6 is 0 Å². The van der Waals surface area contributed by atoms with Crippen LogP contribution in [0.5, 0.6) is 0 Å². The number of ether oxygens (including phenoxy) is 2. The Morgan fingerprint density at radius 1 is 0.615 bits per heavy atom. The minimum absolute atomic E-state index is 0.128. The summed E-state index contributed by atoms with van der Waals surface area (Å²) < 4.78 is 12.9. The van der Waals surface area contributed by atoms with Gasteiger partial charge in [0.2, 0.25) is 0 Å². The van der Waals surface area contributed by atoms with Crippen LogP contribution in [0.1, 0.15) is 191 Å². The average molecular weight is 737 g/mol. The Bertz CT molecular complexity index is 995. The number of piperidine rings is 2. The van der Waals surface area contributed by atoms with E-state index in [9.17, 15) is 9.59 Å². The molecule has 0 spiro atoms. The second-order valence-electron chi connectivity index (χ2n) is 19.7. The summed E-state index contributed by atoms with van der Waals surface area (Å²) in [4.78, 5) is 33.1. The zero-order valence-electron chi connectivity index (χ0n) is 35.8. The van der Waals surface area contributed by atoms with Crippen molar-refractivity contribution < 1.29 is 29.0 Å². The molecular weight excluding hydrogens is 652 g/mol. The fraction of sp³-hybridized carbons (Fsp3) is 0.955. The molecule has 0 bridgehead atoms. The van der Waals surface area contributed by atoms with Gasteiger partial charge in [-0.15, -0.1) is 5.06 Å². The van der Waals surface area contributed by atoms with E-state index < -0.39 is 5.97 Å². The van der Waals surface area contributed by atoms with E-state index in [2.05, 4.69) is 74.1 Å². The number of likely N-dealkylation sites (tertiary alicyclic amines) is 1. The molecule has 1 atom stereocenters. The van der Waals surface area contributed by atoms with Gasteiger partial charge in [0.15, 0.2) is 0 Å². The van der Waals surface area contributed by atoms with Crippen LogP contribution in [0.2, 0.25) is 0 Å². The number of unbranched alkanes of at least 4 members (excludes halogenated alkanes) is 4. The summed E-state index contributed by atoms with van der Waals surface area (Å²) in [5.74, 6) is -0.854. The Morgan fingerprint density at radius 3 is 1.50 bits per heavy atom. The molecule has 8 heteroatoms. The Kier molecular flexibility index (Phi) is 20.7. The number of hydrogen-bond acceptors (Lipinski definition) is 7. The standard InChI is InChI=1S/C44H84N2O6/c1-11-41(3,4)26-18-28-43(7,8)34-50-36-22-30-45(31-23-36)38(20-16-14-13-15-17-21-39(47)48)40(49)52-46-32-24-37(25-33-46)51-35-44(9,10)29-19-27-42(5,6)12-2/h36-38H,11-35H2,1-10H3,(H,47,48). The highest BCUT2D eigenvalue weighted by Gasteiger charge is 2.34. The first kappa shape index (κ1) is 46.9. The molecule has 0 radical (unpaired) electrons. The fourth-order valence-electron chi connectivity index (χ4n) is 7.50. The third-order valence-corrected chi connectivity index (χ3v) is 12.4. The highest BCUT2D eigenvalue weighted by Crippen LogP contribution is 2.34. The second-order valence-corrected chi connectivity index (χ2v) is 19.7. The van der Waals surface area contributed by atoms with Gasteiger partial charge < -0.3 is 19.4 Å². The fourth-order valence-corrected chi connectivity index (χ4v) is 7.50. The van der Waals surface area contributed by atoms with Crippen LogP contribution in [-0.2, 0) is 23.9 Å². The summed E-state index contributed by atoms with van der Waals surface area (Å²) in [5.41, 5.74) is 1.15. The maximum absolute atomic E-state index is 13.8. The molecule has 2 saturated heterocycles. The normalized spacial score (nSPS) is 18.5. The molecule has 2 rings (SSSR count). The van der Waals surface area contributed by atoms with Gasteiger partial charge >= 0.3 is 11.9 Å². The van der Waals surface area contributed by atoms with Gasteiger partial charge in [-0.1, -0.05) is 121 Å². The summed E-state index contributed by atoms with van der Waals surface area (Å²) in [6.45, 7) is 28.0. The van der Waals surface area contributed by atoms with Gasteiger partial charge in [0, 0.05) is 32.6 Å². The van der Waals surface area contributed by atoms with Crippen molar-refractivity contribution in [2.24, 2.45) is 21.7 Å². The lowest BCUT2D eigenvalue weighted by Gasteiger charge is -2.38. The highest BCUT2D eigenvalue weighted by atomic mass is 16.7. The van der Waals surface area contributed by atoms with Gasteiger partial charge in [-0.2, -0.15) is 0 Å². The van der Waals surface area contributed by atoms with Crippen LogP contribution < -0.4 is 0 Å². The third-order valence-electron chi connectivity index (χ3n) is 12.4. The molecule has 2 aliphatic rings. The molecule has 0 saturated carbocycles. The molecule has 2 heterocycles. The van der Waals surface area contributed by atoms with Crippen molar-refractivity contribution in [2.75, 3.05) is 39.4 Å². The van der Waals surface area contributed by atoms with Gasteiger partial charge in [0.1, 0.15) is 6.04 Å². The Morgan fingerprint density at radius 2 is 1.04 bits per heavy atom. The van der Waals surface area contributed by atoms with Crippen molar-refractivity contribution in [2.45, 2.75) is 209 Å². The number of rotatable bonds is 27. The predicted molar refractivity (Wildman–Crippen MR) is 214 cm³/mol. The molecule has 0 amide bonds. The highest BCUT2D eigenvalue weighted by molar-refractivity contribution is 5.75. The SMILES string of the molecule is CCC(C)(C)CCCC(C)(C)COC1CCN(OC(=O)C(CCCCCCCC(=O)O)N2CCC(OCC(C)(C)CCCC(C)(C)CC)CC2)CC1. The molecule has 52 heavy (non-hydrogen) atoms. The summed E-state index contributed by atoms with van der Waals surface area (Å²) in [6, 6.07) is -0.259. The van der Waals surface area contributed by atoms with E-state index in [1.54, 1.807) is 0 Å². The first-order chi connectivity index (χ1) is 24.4. The van der Waals surface area contributed by atoms with Crippen molar-refractivity contribution in [3.05, 3.63) is 0 Å². The molecular formula is C44H84N2O6. The first-order valence-electron chi connectivity index (χ1n) is 21.5. The molecule has 1 unspecified atom stereocenters. The second kappa shape index (κ2) is 23.0. The molecule has 0 aromatic carbocycles. The van der Waals surface area contributed by atoms with Crippen LogP contribution in [-0.4, -0.2) is 84.7 Å². The van der Waals surface area contributed by atoms with Gasteiger partial charge in [0.25, 0.3) is 0 Å². The van der Waals surface area contributed by atoms with Gasteiger partial charge in [-0.25, -0.2) is 4.79 Å². The number of nitrogens with zero attached hydrogens (tertiary/aromatic N) is 2. The van der Waals surface area contributed by atoms with Crippen LogP contribution in [0.4, 0.5) is 0 Å². The number of carbonyl (C=O) groups is 2. The topological polar surface area (TPSA) is 88.5 Å². The number of carboxylic acids is 1. The van der Waals surface area contributed by atoms with E-state index in [-0.39, 0.29) is 41.5 Å². The number of aliphatic carboxylic acids is 1. The smallest absolute Gasteiger partial charge is 0.342 e. The number of carboxylic acid groups (broad SMARTS) is 1. The molecule has 306 valence electrons. The minimum Gasteiger partial charge on any atom is -0.481 e. The lowest BCUT2D eigenvalue weighted by Crippen LogP contribution is -2.50. The van der Waals surface area contributed by atoms with Crippen molar-refractivity contribution in [1.82, 2.24) is 9.96 Å². The van der Waals surface area contributed by atoms with E-state index in [1.165, 1.54) is 51.4 Å². The maximum Gasteiger partial charge on any atom is 0.342 e. The van der Waals surface area contributed by atoms with Gasteiger partial charge in [-0.3, -0.25) is 9.69 Å².